The first kappa shape index (κ1) is 26.2. The molecule has 2 heterocycles. The molecular weight excluding hydrogens is 502 g/mol. The molecule has 2 amide bonds. The minimum Gasteiger partial charge on any atom is -0.366 e. The fourth-order valence-electron chi connectivity index (χ4n) is 4.66. The summed E-state index contributed by atoms with van der Waals surface area (Å²) in [5.74, 6) is -0.280. The molecule has 2 aromatic rings. The molecule has 9 nitrogen and oxygen atoms in total. The molecule has 0 unspecified atom stereocenters. The summed E-state index contributed by atoms with van der Waals surface area (Å²) in [6, 6.07) is 13.5. The minimum absolute atomic E-state index is 0.126. The Morgan fingerprint density at radius 1 is 1.08 bits per heavy atom. The van der Waals surface area contributed by atoms with Crippen molar-refractivity contribution in [2.75, 3.05) is 48.6 Å². The van der Waals surface area contributed by atoms with E-state index in [1.165, 1.54) is 0 Å². The van der Waals surface area contributed by atoms with E-state index in [-0.39, 0.29) is 17.9 Å². The van der Waals surface area contributed by atoms with E-state index < -0.39 is 16.1 Å². The normalized spacial score (nSPS) is 19.1. The summed E-state index contributed by atoms with van der Waals surface area (Å²) in [5, 5.41) is 6.78. The number of carbonyl (C=O) groups excluding carboxylic acids is 2. The second-order valence-corrected chi connectivity index (χ2v) is 11.4. The van der Waals surface area contributed by atoms with Crippen LogP contribution in [-0.4, -0.2) is 76.2 Å². The van der Waals surface area contributed by atoms with E-state index >= 15 is 0 Å². The lowest BCUT2D eigenvalue weighted by Gasteiger charge is -2.38. The predicted octanol–water partition coefficient (Wildman–Crippen LogP) is 1.84. The van der Waals surface area contributed by atoms with Crippen molar-refractivity contribution in [2.24, 2.45) is 0 Å². The number of anilines is 2. The number of amides is 2. The first-order valence-corrected chi connectivity index (χ1v) is 14.4. The first-order chi connectivity index (χ1) is 17.2. The number of benzene rings is 2. The molecule has 2 fully saturated rings. The third kappa shape index (κ3) is 6.89. The number of nitrogens with one attached hydrogen (secondary N) is 3. The fourth-order valence-corrected chi connectivity index (χ4v) is 5.36. The van der Waals surface area contributed by atoms with Gasteiger partial charge in [0.25, 0.3) is 0 Å². The van der Waals surface area contributed by atoms with E-state index in [4.69, 9.17) is 11.6 Å². The third-order valence-electron chi connectivity index (χ3n) is 6.48. The first-order valence-electron chi connectivity index (χ1n) is 12.1. The van der Waals surface area contributed by atoms with Gasteiger partial charge in [0.15, 0.2) is 0 Å². The molecule has 2 atom stereocenters. The molecule has 0 radical (unpaired) electrons. The molecule has 2 saturated heterocycles. The van der Waals surface area contributed by atoms with Crippen molar-refractivity contribution in [2.45, 2.75) is 31.3 Å². The molecule has 2 aliphatic heterocycles. The van der Waals surface area contributed by atoms with Gasteiger partial charge >= 0.3 is 0 Å². The SMILES string of the molecule is CS(=O)(=O)Nc1ccccc1N1CCN(C(=O)[C@@H](Cc2ccc(Cl)cc2)NC(=O)[C@H]2CCCN2)CC1. The Hall–Kier alpha value is -2.82. The Bertz CT molecular complexity index is 1180. The van der Waals surface area contributed by atoms with Crippen LogP contribution in [0.25, 0.3) is 0 Å². The molecule has 36 heavy (non-hydrogen) atoms. The van der Waals surface area contributed by atoms with Crippen molar-refractivity contribution in [3.63, 3.8) is 0 Å². The van der Waals surface area contributed by atoms with E-state index in [1.54, 1.807) is 29.2 Å². The molecule has 0 spiro atoms. The van der Waals surface area contributed by atoms with Gasteiger partial charge in [-0.1, -0.05) is 35.9 Å². The third-order valence-corrected chi connectivity index (χ3v) is 7.32. The van der Waals surface area contributed by atoms with Crippen molar-refractivity contribution >= 4 is 44.8 Å². The smallest absolute Gasteiger partial charge is 0.245 e. The van der Waals surface area contributed by atoms with Gasteiger partial charge < -0.3 is 20.4 Å². The monoisotopic (exact) mass is 533 g/mol. The predicted molar refractivity (Wildman–Crippen MR) is 142 cm³/mol. The van der Waals surface area contributed by atoms with Crippen LogP contribution in [0.5, 0.6) is 0 Å². The highest BCUT2D eigenvalue weighted by molar-refractivity contribution is 7.92. The number of carbonyl (C=O) groups is 2. The summed E-state index contributed by atoms with van der Waals surface area (Å²) in [6.07, 6.45) is 3.19. The number of rotatable bonds is 8. The van der Waals surface area contributed by atoms with Gasteiger partial charge in [0.2, 0.25) is 21.8 Å². The van der Waals surface area contributed by atoms with Crippen molar-refractivity contribution in [3.8, 4) is 0 Å². The highest BCUT2D eigenvalue weighted by atomic mass is 35.5. The van der Waals surface area contributed by atoms with Crippen LogP contribution >= 0.6 is 11.6 Å². The molecule has 0 aromatic heterocycles. The lowest BCUT2D eigenvalue weighted by molar-refractivity contribution is -0.137. The van der Waals surface area contributed by atoms with Gasteiger partial charge in [-0.15, -0.1) is 0 Å². The molecule has 0 aliphatic carbocycles. The number of hydrogen-bond donors (Lipinski definition) is 3. The van der Waals surface area contributed by atoms with Crippen LogP contribution < -0.4 is 20.3 Å². The highest BCUT2D eigenvalue weighted by Crippen LogP contribution is 2.27. The average Bonchev–Trinajstić information content (AvgIpc) is 3.39. The topological polar surface area (TPSA) is 111 Å². The zero-order valence-electron chi connectivity index (χ0n) is 20.2. The number of hydrogen-bond acceptors (Lipinski definition) is 6. The minimum atomic E-state index is -3.42. The molecular formula is C25H32ClN5O4S. The standard InChI is InChI=1S/C25H32ClN5O4S/c1-36(34,35)29-20-5-2-3-7-23(20)30-13-15-31(16-14-30)25(33)22(17-18-8-10-19(26)11-9-18)28-24(32)21-6-4-12-27-21/h2-3,5,7-11,21-22,27,29H,4,6,12-17H2,1H3,(H,28,32)/t21-,22-/m1/s1. The number of nitrogens with zero attached hydrogens (tertiary/aromatic N) is 2. The van der Waals surface area contributed by atoms with E-state index in [1.807, 2.05) is 24.3 Å². The lowest BCUT2D eigenvalue weighted by Crippen LogP contribution is -2.57. The van der Waals surface area contributed by atoms with Crippen molar-refractivity contribution in [3.05, 3.63) is 59.1 Å². The van der Waals surface area contributed by atoms with Crippen LogP contribution in [0.3, 0.4) is 0 Å². The molecule has 0 saturated carbocycles. The summed E-state index contributed by atoms with van der Waals surface area (Å²) in [6.45, 7) is 2.80. The number of piperazine rings is 1. The molecule has 194 valence electrons. The summed E-state index contributed by atoms with van der Waals surface area (Å²) in [4.78, 5) is 30.3. The molecule has 2 aliphatic rings. The second-order valence-electron chi connectivity index (χ2n) is 9.24. The number of sulfonamides is 1. The Morgan fingerprint density at radius 3 is 2.42 bits per heavy atom. The Morgan fingerprint density at radius 2 is 1.78 bits per heavy atom. The van der Waals surface area contributed by atoms with Gasteiger partial charge in [-0.05, 0) is 49.2 Å². The van der Waals surface area contributed by atoms with E-state index in [2.05, 4.69) is 20.3 Å². The van der Waals surface area contributed by atoms with Crippen molar-refractivity contribution in [1.82, 2.24) is 15.5 Å². The molecule has 4 rings (SSSR count). The zero-order chi connectivity index (χ0) is 25.7. The maximum Gasteiger partial charge on any atom is 0.245 e. The second kappa shape index (κ2) is 11.5. The molecule has 0 bridgehead atoms. The number of halogens is 1. The lowest BCUT2D eigenvalue weighted by atomic mass is 10.0. The van der Waals surface area contributed by atoms with Crippen LogP contribution in [-0.2, 0) is 26.0 Å². The quantitative estimate of drug-likeness (QED) is 0.477. The largest absolute Gasteiger partial charge is 0.366 e. The Kier molecular flexibility index (Phi) is 8.38. The van der Waals surface area contributed by atoms with Gasteiger partial charge in [-0.3, -0.25) is 14.3 Å². The summed E-state index contributed by atoms with van der Waals surface area (Å²) >= 11 is 6.02. The highest BCUT2D eigenvalue weighted by Gasteiger charge is 2.32. The van der Waals surface area contributed by atoms with Crippen LogP contribution in [0.15, 0.2) is 48.5 Å². The zero-order valence-corrected chi connectivity index (χ0v) is 21.8. The van der Waals surface area contributed by atoms with Gasteiger partial charge in [0.1, 0.15) is 6.04 Å². The van der Waals surface area contributed by atoms with Gasteiger partial charge in [-0.25, -0.2) is 8.42 Å². The Balaban J connectivity index is 1.44. The average molecular weight is 534 g/mol. The maximum absolute atomic E-state index is 13.6. The van der Waals surface area contributed by atoms with Crippen LogP contribution in [0, 0.1) is 0 Å². The summed E-state index contributed by atoms with van der Waals surface area (Å²) < 4.78 is 26.1. The molecule has 3 N–H and O–H groups in total. The summed E-state index contributed by atoms with van der Waals surface area (Å²) in [7, 11) is -3.42. The number of para-hydroxylation sites is 2. The van der Waals surface area contributed by atoms with Crippen molar-refractivity contribution < 1.29 is 18.0 Å². The van der Waals surface area contributed by atoms with Crippen LogP contribution in [0.4, 0.5) is 11.4 Å². The van der Waals surface area contributed by atoms with Crippen LogP contribution in [0.1, 0.15) is 18.4 Å². The van der Waals surface area contributed by atoms with E-state index in [0.717, 1.165) is 36.9 Å². The van der Waals surface area contributed by atoms with Gasteiger partial charge in [-0.2, -0.15) is 0 Å². The maximum atomic E-state index is 13.6. The van der Waals surface area contributed by atoms with Crippen molar-refractivity contribution in [1.29, 1.82) is 0 Å². The van der Waals surface area contributed by atoms with Gasteiger partial charge in [0, 0.05) is 37.6 Å². The van der Waals surface area contributed by atoms with Gasteiger partial charge in [0.05, 0.1) is 23.7 Å². The van der Waals surface area contributed by atoms with E-state index in [9.17, 15) is 18.0 Å². The molecule has 2 aromatic carbocycles. The molecule has 11 heteroatoms. The fraction of sp³-hybridized carbons (Fsp3) is 0.440. The van der Waals surface area contributed by atoms with E-state index in [0.29, 0.717) is 43.3 Å². The summed E-state index contributed by atoms with van der Waals surface area (Å²) in [5.41, 5.74) is 2.20. The Labute approximate surface area is 217 Å². The van der Waals surface area contributed by atoms with Crippen LogP contribution in [0.2, 0.25) is 5.02 Å².